The average molecular weight is 248 g/mol. The van der Waals surface area contributed by atoms with E-state index in [2.05, 4.69) is 10.3 Å². The topological polar surface area (TPSA) is 75.4 Å². The van der Waals surface area contributed by atoms with Gasteiger partial charge < -0.3 is 14.8 Å². The second-order valence-electron chi connectivity index (χ2n) is 4.35. The van der Waals surface area contributed by atoms with E-state index in [9.17, 15) is 4.79 Å². The molecule has 0 spiro atoms. The highest BCUT2D eigenvalue weighted by molar-refractivity contribution is 5.72. The van der Waals surface area contributed by atoms with Crippen molar-refractivity contribution in [2.45, 2.75) is 13.3 Å². The van der Waals surface area contributed by atoms with Gasteiger partial charge in [0, 0.05) is 6.54 Å². The Bertz CT molecular complexity index is 536. The van der Waals surface area contributed by atoms with Gasteiger partial charge in [-0.3, -0.25) is 4.79 Å². The van der Waals surface area contributed by atoms with Gasteiger partial charge in [-0.25, -0.2) is 4.98 Å². The normalized spacial score (nSPS) is 12.7. The number of nitrogens with one attached hydrogen (secondary N) is 1. The SMILES string of the molecule is CC(CNCCc1ccc2ncoc2c1)C(=O)O. The molecule has 18 heavy (non-hydrogen) atoms. The molecule has 2 rings (SSSR count). The molecule has 5 nitrogen and oxygen atoms in total. The molecule has 2 aromatic rings. The van der Waals surface area contributed by atoms with Crippen molar-refractivity contribution in [3.63, 3.8) is 0 Å². The molecule has 1 atom stereocenters. The lowest BCUT2D eigenvalue weighted by Gasteiger charge is -2.08. The lowest BCUT2D eigenvalue weighted by Crippen LogP contribution is -2.27. The summed E-state index contributed by atoms with van der Waals surface area (Å²) in [6.45, 7) is 2.92. The van der Waals surface area contributed by atoms with Crippen LogP contribution in [0, 0.1) is 5.92 Å². The van der Waals surface area contributed by atoms with Crippen LogP contribution in [0.15, 0.2) is 29.0 Å². The second kappa shape index (κ2) is 5.64. The summed E-state index contributed by atoms with van der Waals surface area (Å²) in [4.78, 5) is 14.7. The smallest absolute Gasteiger partial charge is 0.307 e. The number of fused-ring (bicyclic) bond motifs is 1. The quantitative estimate of drug-likeness (QED) is 0.761. The van der Waals surface area contributed by atoms with Crippen LogP contribution < -0.4 is 5.32 Å². The number of rotatable bonds is 6. The molecule has 2 N–H and O–H groups in total. The number of benzene rings is 1. The number of carboxylic acids is 1. The van der Waals surface area contributed by atoms with Crippen molar-refractivity contribution >= 4 is 17.1 Å². The van der Waals surface area contributed by atoms with Crippen LogP contribution >= 0.6 is 0 Å². The lowest BCUT2D eigenvalue weighted by atomic mass is 10.1. The number of nitrogens with zero attached hydrogens (tertiary/aromatic N) is 1. The molecule has 0 aliphatic heterocycles. The van der Waals surface area contributed by atoms with Crippen molar-refractivity contribution in [3.05, 3.63) is 30.2 Å². The molecule has 1 aromatic heterocycles. The highest BCUT2D eigenvalue weighted by atomic mass is 16.4. The zero-order valence-electron chi connectivity index (χ0n) is 10.2. The number of aromatic nitrogens is 1. The third-order valence-electron chi connectivity index (χ3n) is 2.86. The van der Waals surface area contributed by atoms with Crippen molar-refractivity contribution in [1.29, 1.82) is 0 Å². The Morgan fingerprint density at radius 3 is 3.17 bits per heavy atom. The predicted molar refractivity (Wildman–Crippen MR) is 67.4 cm³/mol. The largest absolute Gasteiger partial charge is 0.481 e. The monoisotopic (exact) mass is 248 g/mol. The molecule has 1 unspecified atom stereocenters. The van der Waals surface area contributed by atoms with Crippen LogP contribution in [-0.2, 0) is 11.2 Å². The average Bonchev–Trinajstić information content (AvgIpc) is 2.81. The minimum atomic E-state index is -0.773. The van der Waals surface area contributed by atoms with Crippen LogP contribution in [0.5, 0.6) is 0 Å². The Morgan fingerprint density at radius 1 is 1.56 bits per heavy atom. The zero-order valence-corrected chi connectivity index (χ0v) is 10.2. The molecule has 0 aliphatic rings. The van der Waals surface area contributed by atoms with Gasteiger partial charge in [0.05, 0.1) is 5.92 Å². The molecule has 0 saturated heterocycles. The van der Waals surface area contributed by atoms with Gasteiger partial charge in [0.15, 0.2) is 12.0 Å². The Hall–Kier alpha value is -1.88. The van der Waals surface area contributed by atoms with E-state index >= 15 is 0 Å². The van der Waals surface area contributed by atoms with Gasteiger partial charge in [-0.1, -0.05) is 13.0 Å². The third kappa shape index (κ3) is 3.07. The number of aliphatic carboxylic acids is 1. The van der Waals surface area contributed by atoms with Gasteiger partial charge in [-0.2, -0.15) is 0 Å². The molecule has 0 aliphatic carbocycles. The maximum atomic E-state index is 10.6. The van der Waals surface area contributed by atoms with Crippen LogP contribution in [0.1, 0.15) is 12.5 Å². The number of oxazole rings is 1. The summed E-state index contributed by atoms with van der Waals surface area (Å²) in [5, 5.41) is 11.9. The lowest BCUT2D eigenvalue weighted by molar-refractivity contribution is -0.140. The van der Waals surface area contributed by atoms with E-state index in [1.807, 2.05) is 18.2 Å². The van der Waals surface area contributed by atoms with E-state index in [0.717, 1.165) is 29.6 Å². The van der Waals surface area contributed by atoms with E-state index in [4.69, 9.17) is 9.52 Å². The summed E-state index contributed by atoms with van der Waals surface area (Å²) < 4.78 is 5.23. The maximum absolute atomic E-state index is 10.6. The molecule has 0 radical (unpaired) electrons. The molecule has 96 valence electrons. The maximum Gasteiger partial charge on any atom is 0.307 e. The molecule has 0 saturated carbocycles. The van der Waals surface area contributed by atoms with Crippen LogP contribution in [0.3, 0.4) is 0 Å². The molecule has 1 aromatic carbocycles. The van der Waals surface area contributed by atoms with Crippen LogP contribution in [0.4, 0.5) is 0 Å². The predicted octanol–water partition coefficient (Wildman–Crippen LogP) is 1.68. The first-order chi connectivity index (χ1) is 8.66. The fourth-order valence-electron chi connectivity index (χ4n) is 1.69. The number of carbonyl (C=O) groups is 1. The van der Waals surface area contributed by atoms with Gasteiger partial charge >= 0.3 is 5.97 Å². The van der Waals surface area contributed by atoms with Crippen LogP contribution in [0.2, 0.25) is 0 Å². The molecule has 0 bridgehead atoms. The van der Waals surface area contributed by atoms with Gasteiger partial charge in [0.1, 0.15) is 5.52 Å². The number of carboxylic acid groups (broad SMARTS) is 1. The highest BCUT2D eigenvalue weighted by Gasteiger charge is 2.09. The molecule has 0 fully saturated rings. The molecular formula is C13H16N2O3. The Kier molecular flexibility index (Phi) is 3.94. The Labute approximate surface area is 105 Å². The second-order valence-corrected chi connectivity index (χ2v) is 4.35. The van der Waals surface area contributed by atoms with Crippen LogP contribution in [-0.4, -0.2) is 29.1 Å². The summed E-state index contributed by atoms with van der Waals surface area (Å²) in [5.74, 6) is -1.13. The van der Waals surface area contributed by atoms with Crippen molar-refractivity contribution in [1.82, 2.24) is 10.3 Å². The van der Waals surface area contributed by atoms with Gasteiger partial charge in [-0.05, 0) is 30.7 Å². The molecule has 1 heterocycles. The summed E-state index contributed by atoms with van der Waals surface area (Å²) in [6, 6.07) is 5.89. The minimum absolute atomic E-state index is 0.359. The highest BCUT2D eigenvalue weighted by Crippen LogP contribution is 2.14. The fraction of sp³-hybridized carbons (Fsp3) is 0.385. The molecule has 5 heteroatoms. The van der Waals surface area contributed by atoms with E-state index in [0.29, 0.717) is 6.54 Å². The Balaban J connectivity index is 1.81. The first-order valence-corrected chi connectivity index (χ1v) is 5.92. The first kappa shape index (κ1) is 12.6. The van der Waals surface area contributed by atoms with Gasteiger partial charge in [0.25, 0.3) is 0 Å². The molecular weight excluding hydrogens is 232 g/mol. The first-order valence-electron chi connectivity index (χ1n) is 5.92. The van der Waals surface area contributed by atoms with E-state index in [-0.39, 0.29) is 5.92 Å². The van der Waals surface area contributed by atoms with Crippen molar-refractivity contribution in [2.24, 2.45) is 5.92 Å². The fourth-order valence-corrected chi connectivity index (χ4v) is 1.69. The minimum Gasteiger partial charge on any atom is -0.481 e. The van der Waals surface area contributed by atoms with E-state index in [1.165, 1.54) is 6.39 Å². The number of hydrogen-bond acceptors (Lipinski definition) is 4. The zero-order chi connectivity index (χ0) is 13.0. The van der Waals surface area contributed by atoms with Gasteiger partial charge in [-0.15, -0.1) is 0 Å². The van der Waals surface area contributed by atoms with Crippen LogP contribution in [0.25, 0.3) is 11.1 Å². The molecule has 0 amide bonds. The van der Waals surface area contributed by atoms with E-state index < -0.39 is 5.97 Å². The van der Waals surface area contributed by atoms with Crippen molar-refractivity contribution < 1.29 is 14.3 Å². The standard InChI is InChI=1S/C13H16N2O3/c1-9(13(16)17)7-14-5-4-10-2-3-11-12(6-10)18-8-15-11/h2-3,6,8-9,14H,4-5,7H2,1H3,(H,16,17). The van der Waals surface area contributed by atoms with Crippen molar-refractivity contribution in [3.8, 4) is 0 Å². The number of hydrogen-bond donors (Lipinski definition) is 2. The van der Waals surface area contributed by atoms with Crippen molar-refractivity contribution in [2.75, 3.05) is 13.1 Å². The summed E-state index contributed by atoms with van der Waals surface area (Å²) in [6.07, 6.45) is 2.27. The summed E-state index contributed by atoms with van der Waals surface area (Å²) >= 11 is 0. The third-order valence-corrected chi connectivity index (χ3v) is 2.86. The van der Waals surface area contributed by atoms with Gasteiger partial charge in [0.2, 0.25) is 0 Å². The van der Waals surface area contributed by atoms with E-state index in [1.54, 1.807) is 6.92 Å². The summed E-state index contributed by atoms with van der Waals surface area (Å²) in [7, 11) is 0. The summed E-state index contributed by atoms with van der Waals surface area (Å²) in [5.41, 5.74) is 2.78. The Morgan fingerprint density at radius 2 is 2.39 bits per heavy atom.